The number of unbranched alkanes of at least 4 members (excludes halogenated alkanes) is 24. The smallest absolute Gasteiger partial charge is 0.306 e. The van der Waals surface area contributed by atoms with Crippen molar-refractivity contribution in [2.75, 3.05) is 26.4 Å². The summed E-state index contributed by atoms with van der Waals surface area (Å²) in [6, 6.07) is 0. The molecule has 9 heteroatoms. The number of carbonyl (C=O) groups excluding carboxylic acids is 1. The summed E-state index contributed by atoms with van der Waals surface area (Å²) in [7, 11) is 0. The van der Waals surface area contributed by atoms with Crippen LogP contribution in [0.4, 0.5) is 0 Å². The van der Waals surface area contributed by atoms with Crippen molar-refractivity contribution in [2.45, 2.75) is 237 Å². The van der Waals surface area contributed by atoms with E-state index in [1.165, 1.54) is 141 Å². The van der Waals surface area contributed by atoms with Gasteiger partial charge in [0.1, 0.15) is 30.5 Å². The zero-order valence-electron chi connectivity index (χ0n) is 35.4. The number of hydrogen-bond donors (Lipinski definition) is 4. The van der Waals surface area contributed by atoms with E-state index in [1.807, 2.05) is 0 Å². The molecule has 0 saturated carbocycles. The minimum Gasteiger partial charge on any atom is -0.457 e. The topological polar surface area (TPSA) is 135 Å². The third kappa shape index (κ3) is 29.5. The predicted octanol–water partition coefficient (Wildman–Crippen LogP) is 10.2. The number of ether oxygens (including phenoxy) is 4. The third-order valence-electron chi connectivity index (χ3n) is 10.6. The second-order valence-electron chi connectivity index (χ2n) is 15.9. The summed E-state index contributed by atoms with van der Waals surface area (Å²) < 4.78 is 22.8. The molecule has 1 fully saturated rings. The molecule has 0 radical (unpaired) electrons. The maximum atomic E-state index is 12.7. The number of aliphatic hydroxyl groups is 4. The zero-order valence-corrected chi connectivity index (χ0v) is 35.4. The van der Waals surface area contributed by atoms with Crippen molar-refractivity contribution in [1.82, 2.24) is 0 Å². The van der Waals surface area contributed by atoms with E-state index in [9.17, 15) is 25.2 Å². The molecule has 0 aromatic carbocycles. The van der Waals surface area contributed by atoms with Gasteiger partial charge in [0.2, 0.25) is 0 Å². The highest BCUT2D eigenvalue weighted by atomic mass is 16.7. The van der Waals surface area contributed by atoms with Crippen LogP contribution >= 0.6 is 0 Å². The van der Waals surface area contributed by atoms with Crippen LogP contribution in [0.2, 0.25) is 0 Å². The lowest BCUT2D eigenvalue weighted by Gasteiger charge is -2.39. The third-order valence-corrected chi connectivity index (χ3v) is 10.6. The summed E-state index contributed by atoms with van der Waals surface area (Å²) in [5.41, 5.74) is 0. The van der Waals surface area contributed by atoms with Gasteiger partial charge >= 0.3 is 5.97 Å². The maximum Gasteiger partial charge on any atom is 0.306 e. The van der Waals surface area contributed by atoms with Crippen LogP contribution < -0.4 is 0 Å². The van der Waals surface area contributed by atoms with Gasteiger partial charge in [0.05, 0.1) is 19.8 Å². The first kappa shape index (κ1) is 51.7. The van der Waals surface area contributed by atoms with E-state index < -0.39 is 43.4 Å². The molecule has 9 nitrogen and oxygen atoms in total. The standard InChI is InChI=1S/C46H86O9/c1-3-5-7-9-11-13-15-17-18-19-20-21-22-23-24-26-28-30-32-34-36-52-38-40(39-53-46-45(51)44(50)43(49)41(37-47)55-46)54-42(48)35-33-31-29-27-25-16-14-12-10-8-6-4-2/h11,13,17-18,40-41,43-47,49-51H,3-10,12,14-16,19-39H2,1-2H3/b13-11-,18-17-. The molecule has 1 heterocycles. The molecule has 324 valence electrons. The monoisotopic (exact) mass is 783 g/mol. The molecule has 0 aliphatic carbocycles. The van der Waals surface area contributed by atoms with E-state index >= 15 is 0 Å². The first-order chi connectivity index (χ1) is 26.9. The van der Waals surface area contributed by atoms with Gasteiger partial charge in [-0.15, -0.1) is 0 Å². The van der Waals surface area contributed by atoms with Gasteiger partial charge in [-0.3, -0.25) is 4.79 Å². The molecule has 6 atom stereocenters. The summed E-state index contributed by atoms with van der Waals surface area (Å²) in [6.45, 7) is 4.54. The number of allylic oxidation sites excluding steroid dienone is 4. The van der Waals surface area contributed by atoms with Crippen LogP contribution in [0.3, 0.4) is 0 Å². The second kappa shape index (κ2) is 38.2. The summed E-state index contributed by atoms with van der Waals surface area (Å²) in [6.07, 6.45) is 36.3. The summed E-state index contributed by atoms with van der Waals surface area (Å²) in [4.78, 5) is 12.7. The summed E-state index contributed by atoms with van der Waals surface area (Å²) in [5, 5.41) is 40.1. The fourth-order valence-corrected chi connectivity index (χ4v) is 6.99. The van der Waals surface area contributed by atoms with Gasteiger partial charge < -0.3 is 39.4 Å². The average molecular weight is 783 g/mol. The molecule has 1 aliphatic rings. The van der Waals surface area contributed by atoms with Gasteiger partial charge in [-0.2, -0.15) is 0 Å². The van der Waals surface area contributed by atoms with E-state index in [0.29, 0.717) is 13.0 Å². The minimum absolute atomic E-state index is 0.111. The SMILES string of the molecule is CCCCC/C=C\C/C=C\CCCCCCCCCCCCOCC(COC1OC(CO)C(O)C(O)C1O)OC(=O)CCCCCCCCCCCCCC. The van der Waals surface area contributed by atoms with E-state index in [1.54, 1.807) is 0 Å². The molecule has 1 rings (SSSR count). The van der Waals surface area contributed by atoms with Gasteiger partial charge in [0.25, 0.3) is 0 Å². The highest BCUT2D eigenvalue weighted by molar-refractivity contribution is 5.69. The molecule has 0 bridgehead atoms. The number of carbonyl (C=O) groups is 1. The van der Waals surface area contributed by atoms with Crippen molar-refractivity contribution in [1.29, 1.82) is 0 Å². The molecule has 0 spiro atoms. The van der Waals surface area contributed by atoms with E-state index in [2.05, 4.69) is 38.2 Å². The molecular weight excluding hydrogens is 696 g/mol. The Morgan fingerprint density at radius 2 is 1.05 bits per heavy atom. The number of hydrogen-bond acceptors (Lipinski definition) is 9. The molecular formula is C46H86O9. The van der Waals surface area contributed by atoms with Crippen LogP contribution in [-0.4, -0.2) is 89.6 Å². The molecule has 6 unspecified atom stereocenters. The van der Waals surface area contributed by atoms with Crippen LogP contribution in [0.1, 0.15) is 200 Å². The van der Waals surface area contributed by atoms with Gasteiger partial charge in [-0.25, -0.2) is 0 Å². The number of rotatable bonds is 39. The molecule has 4 N–H and O–H groups in total. The Hall–Kier alpha value is -1.33. The Morgan fingerprint density at radius 1 is 0.582 bits per heavy atom. The zero-order chi connectivity index (χ0) is 40.0. The average Bonchev–Trinajstić information content (AvgIpc) is 3.18. The van der Waals surface area contributed by atoms with Crippen molar-refractivity contribution in [2.24, 2.45) is 0 Å². The fourth-order valence-electron chi connectivity index (χ4n) is 6.99. The van der Waals surface area contributed by atoms with Crippen molar-refractivity contribution in [3.05, 3.63) is 24.3 Å². The molecule has 1 saturated heterocycles. The van der Waals surface area contributed by atoms with Crippen LogP contribution in [0, 0.1) is 0 Å². The van der Waals surface area contributed by atoms with Crippen molar-refractivity contribution < 1.29 is 44.2 Å². The largest absolute Gasteiger partial charge is 0.457 e. The minimum atomic E-state index is -1.53. The van der Waals surface area contributed by atoms with E-state index in [0.717, 1.165) is 38.5 Å². The summed E-state index contributed by atoms with van der Waals surface area (Å²) in [5.74, 6) is -0.314. The highest BCUT2D eigenvalue weighted by Gasteiger charge is 2.44. The second-order valence-corrected chi connectivity index (χ2v) is 15.9. The normalized spacial score (nSPS) is 20.9. The lowest BCUT2D eigenvalue weighted by Crippen LogP contribution is -2.59. The Morgan fingerprint density at radius 3 is 1.60 bits per heavy atom. The van der Waals surface area contributed by atoms with E-state index in [-0.39, 0.29) is 19.2 Å². The molecule has 0 aromatic rings. The fraction of sp³-hybridized carbons (Fsp3) is 0.891. The molecule has 0 amide bonds. The van der Waals surface area contributed by atoms with Crippen LogP contribution in [0.25, 0.3) is 0 Å². The van der Waals surface area contributed by atoms with E-state index in [4.69, 9.17) is 18.9 Å². The van der Waals surface area contributed by atoms with Crippen molar-refractivity contribution in [3.8, 4) is 0 Å². The van der Waals surface area contributed by atoms with Crippen molar-refractivity contribution >= 4 is 5.97 Å². The first-order valence-corrected chi connectivity index (χ1v) is 22.9. The lowest BCUT2D eigenvalue weighted by molar-refractivity contribution is -0.305. The quantitative estimate of drug-likeness (QED) is 0.0273. The number of aliphatic hydroxyl groups excluding tert-OH is 4. The van der Waals surface area contributed by atoms with Gasteiger partial charge in [0, 0.05) is 13.0 Å². The Labute approximate surface area is 337 Å². The maximum absolute atomic E-state index is 12.7. The summed E-state index contributed by atoms with van der Waals surface area (Å²) >= 11 is 0. The van der Waals surface area contributed by atoms with Crippen molar-refractivity contribution in [3.63, 3.8) is 0 Å². The van der Waals surface area contributed by atoms with Crippen LogP contribution in [0.15, 0.2) is 24.3 Å². The van der Waals surface area contributed by atoms with Gasteiger partial charge in [0.15, 0.2) is 6.29 Å². The predicted molar refractivity (Wildman–Crippen MR) is 224 cm³/mol. The Kier molecular flexibility index (Phi) is 35.9. The Balaban J connectivity index is 2.22. The first-order valence-electron chi connectivity index (χ1n) is 22.9. The lowest BCUT2D eigenvalue weighted by atomic mass is 9.99. The van der Waals surface area contributed by atoms with Crippen LogP contribution in [0.5, 0.6) is 0 Å². The molecule has 55 heavy (non-hydrogen) atoms. The van der Waals surface area contributed by atoms with Crippen LogP contribution in [-0.2, 0) is 23.7 Å². The highest BCUT2D eigenvalue weighted by Crippen LogP contribution is 2.23. The molecule has 1 aliphatic heterocycles. The van der Waals surface area contributed by atoms with Gasteiger partial charge in [-0.05, 0) is 44.9 Å². The van der Waals surface area contributed by atoms with Gasteiger partial charge in [-0.1, -0.05) is 173 Å². The number of esters is 1. The Bertz CT molecular complexity index is 895. The molecule has 0 aromatic heterocycles.